The molecule has 1 aliphatic carbocycles. The number of hydrogen-bond acceptors (Lipinski definition) is 5. The van der Waals surface area contributed by atoms with E-state index < -0.39 is 0 Å². The lowest BCUT2D eigenvalue weighted by molar-refractivity contribution is 0.0893. The lowest BCUT2D eigenvalue weighted by Gasteiger charge is -2.29. The number of nitrogens with two attached hydrogens (primary N) is 1. The third-order valence-corrected chi connectivity index (χ3v) is 5.27. The fraction of sp³-hybridized carbons (Fsp3) is 0.412. The van der Waals surface area contributed by atoms with Gasteiger partial charge in [-0.1, -0.05) is 0 Å². The first kappa shape index (κ1) is 21.7. The molecule has 1 fully saturated rings. The zero-order valence-electron chi connectivity index (χ0n) is 14.2. The van der Waals surface area contributed by atoms with Crippen molar-refractivity contribution in [1.29, 1.82) is 0 Å². The van der Waals surface area contributed by atoms with Crippen molar-refractivity contribution in [3.05, 3.63) is 35.3 Å². The number of nitrogens with one attached hydrogen (secondary N) is 1. The highest BCUT2D eigenvalue weighted by Gasteiger charge is 2.41. The van der Waals surface area contributed by atoms with Crippen molar-refractivity contribution in [1.82, 2.24) is 10.3 Å². The lowest BCUT2D eigenvalue weighted by Crippen LogP contribution is -2.53. The summed E-state index contributed by atoms with van der Waals surface area (Å²) in [5, 5.41) is 5.67. The summed E-state index contributed by atoms with van der Waals surface area (Å²) >= 11 is 1.46. The molecular formula is C17H23Cl2N3O2S. The van der Waals surface area contributed by atoms with Gasteiger partial charge in [-0.05, 0) is 49.9 Å². The summed E-state index contributed by atoms with van der Waals surface area (Å²) in [6.07, 6.45) is 2.25. The van der Waals surface area contributed by atoms with Gasteiger partial charge in [0.15, 0.2) is 0 Å². The maximum atomic E-state index is 12.5. The summed E-state index contributed by atoms with van der Waals surface area (Å²) in [5.41, 5.74) is 6.94. The van der Waals surface area contributed by atoms with Crippen LogP contribution >= 0.6 is 36.2 Å². The van der Waals surface area contributed by atoms with Crippen LogP contribution in [-0.4, -0.2) is 30.1 Å². The predicted molar refractivity (Wildman–Crippen MR) is 106 cm³/mol. The van der Waals surface area contributed by atoms with Crippen molar-refractivity contribution >= 4 is 42.1 Å². The maximum Gasteiger partial charge on any atom is 0.271 e. The number of rotatable bonds is 6. The van der Waals surface area contributed by atoms with Gasteiger partial charge >= 0.3 is 0 Å². The molecule has 5 nitrogen and oxygen atoms in total. The second-order valence-electron chi connectivity index (χ2n) is 6.12. The number of carbonyl (C=O) groups is 1. The van der Waals surface area contributed by atoms with Crippen LogP contribution in [0, 0.1) is 5.92 Å². The van der Waals surface area contributed by atoms with E-state index in [1.807, 2.05) is 31.2 Å². The molecule has 1 atom stereocenters. The summed E-state index contributed by atoms with van der Waals surface area (Å²) in [4.78, 5) is 16.9. The number of methoxy groups -OCH3 is 1. The normalized spacial score (nSPS) is 15.3. The summed E-state index contributed by atoms with van der Waals surface area (Å²) < 4.78 is 5.15. The highest BCUT2D eigenvalue weighted by Crippen LogP contribution is 2.39. The Bertz CT molecular complexity index is 704. The van der Waals surface area contributed by atoms with Crippen molar-refractivity contribution in [3.8, 4) is 16.3 Å². The smallest absolute Gasteiger partial charge is 0.271 e. The van der Waals surface area contributed by atoms with Crippen LogP contribution in [0.1, 0.15) is 30.3 Å². The Morgan fingerprint density at radius 1 is 1.36 bits per heavy atom. The Kier molecular flexibility index (Phi) is 7.68. The van der Waals surface area contributed by atoms with Gasteiger partial charge in [-0.3, -0.25) is 4.79 Å². The number of halogens is 2. The SMILES string of the molecule is COc1ccc(-c2nc(C(=O)NC(C)(CN)C3CC3)cs2)cc1.Cl.Cl. The number of hydrogen-bond donors (Lipinski definition) is 2. The maximum absolute atomic E-state index is 12.5. The van der Waals surface area contributed by atoms with E-state index in [0.717, 1.165) is 29.2 Å². The number of benzene rings is 1. The number of ether oxygens (including phenoxy) is 1. The van der Waals surface area contributed by atoms with Gasteiger partial charge < -0.3 is 15.8 Å². The Labute approximate surface area is 164 Å². The third kappa shape index (κ3) is 4.85. The Morgan fingerprint density at radius 2 is 2.00 bits per heavy atom. The number of thiazole rings is 1. The third-order valence-electron chi connectivity index (χ3n) is 4.38. The van der Waals surface area contributed by atoms with Crippen LogP contribution in [0.4, 0.5) is 0 Å². The van der Waals surface area contributed by atoms with Gasteiger partial charge in [0.1, 0.15) is 16.5 Å². The van der Waals surface area contributed by atoms with Gasteiger partial charge in [0.2, 0.25) is 0 Å². The molecule has 2 aromatic rings. The zero-order chi connectivity index (χ0) is 16.4. The number of amides is 1. The monoisotopic (exact) mass is 403 g/mol. The van der Waals surface area contributed by atoms with Crippen LogP contribution in [-0.2, 0) is 0 Å². The summed E-state index contributed by atoms with van der Waals surface area (Å²) in [6.45, 7) is 2.46. The standard InChI is InChI=1S/C17H21N3O2S.2ClH/c1-17(10-18,12-5-6-12)20-15(21)14-9-23-16(19-14)11-3-7-13(22-2)8-4-11;;/h3-4,7-9,12H,5-6,10,18H2,1-2H3,(H,20,21);2*1H. The van der Waals surface area contributed by atoms with Gasteiger partial charge in [-0.15, -0.1) is 36.2 Å². The average Bonchev–Trinajstić information content (AvgIpc) is 3.32. The molecule has 0 radical (unpaired) electrons. The van der Waals surface area contributed by atoms with E-state index in [1.165, 1.54) is 11.3 Å². The van der Waals surface area contributed by atoms with Gasteiger partial charge in [0.05, 0.1) is 12.6 Å². The zero-order valence-corrected chi connectivity index (χ0v) is 16.6. The first-order valence-corrected chi connectivity index (χ1v) is 8.56. The highest BCUT2D eigenvalue weighted by atomic mass is 35.5. The van der Waals surface area contributed by atoms with Gasteiger partial charge in [0, 0.05) is 17.5 Å². The second kappa shape index (κ2) is 8.85. The molecule has 0 saturated heterocycles. The van der Waals surface area contributed by atoms with Gasteiger partial charge in [-0.25, -0.2) is 4.98 Å². The van der Waals surface area contributed by atoms with Crippen LogP contribution in [0.3, 0.4) is 0 Å². The minimum atomic E-state index is -0.332. The molecule has 1 amide bonds. The second-order valence-corrected chi connectivity index (χ2v) is 6.97. The first-order chi connectivity index (χ1) is 11.1. The van der Waals surface area contributed by atoms with E-state index in [2.05, 4.69) is 10.3 Å². The first-order valence-electron chi connectivity index (χ1n) is 7.68. The minimum Gasteiger partial charge on any atom is -0.497 e. The molecule has 0 bridgehead atoms. The van der Waals surface area contributed by atoms with Crippen LogP contribution in [0.5, 0.6) is 5.75 Å². The molecule has 0 aliphatic heterocycles. The molecular weight excluding hydrogens is 381 g/mol. The molecule has 1 aliphatic rings. The summed E-state index contributed by atoms with van der Waals surface area (Å²) in [5.74, 6) is 1.13. The quantitative estimate of drug-likeness (QED) is 0.773. The minimum absolute atomic E-state index is 0. The molecule has 25 heavy (non-hydrogen) atoms. The van der Waals surface area contributed by atoms with E-state index in [-0.39, 0.29) is 36.3 Å². The summed E-state index contributed by atoms with van der Waals surface area (Å²) in [6, 6.07) is 7.64. The fourth-order valence-electron chi connectivity index (χ4n) is 2.61. The van der Waals surface area contributed by atoms with E-state index in [4.69, 9.17) is 10.5 Å². The number of aromatic nitrogens is 1. The molecule has 8 heteroatoms. The number of nitrogens with zero attached hydrogens (tertiary/aromatic N) is 1. The van der Waals surface area contributed by atoms with Crippen LogP contribution in [0.25, 0.3) is 10.6 Å². The molecule has 3 N–H and O–H groups in total. The van der Waals surface area contributed by atoms with Crippen LogP contribution < -0.4 is 15.8 Å². The van der Waals surface area contributed by atoms with Gasteiger partial charge in [-0.2, -0.15) is 0 Å². The Hall–Kier alpha value is -1.34. The van der Waals surface area contributed by atoms with E-state index in [0.29, 0.717) is 18.2 Å². The van der Waals surface area contributed by atoms with Crippen molar-refractivity contribution in [3.63, 3.8) is 0 Å². The largest absolute Gasteiger partial charge is 0.497 e. The fourth-order valence-corrected chi connectivity index (χ4v) is 3.41. The molecule has 1 heterocycles. The Morgan fingerprint density at radius 3 is 2.52 bits per heavy atom. The molecule has 1 aromatic heterocycles. The molecule has 1 unspecified atom stereocenters. The molecule has 1 saturated carbocycles. The van der Waals surface area contributed by atoms with Crippen molar-refractivity contribution in [2.45, 2.75) is 25.3 Å². The molecule has 1 aromatic carbocycles. The topological polar surface area (TPSA) is 77.2 Å². The average molecular weight is 404 g/mol. The van der Waals surface area contributed by atoms with Gasteiger partial charge in [0.25, 0.3) is 5.91 Å². The van der Waals surface area contributed by atoms with E-state index >= 15 is 0 Å². The Balaban J connectivity index is 0.00000156. The van der Waals surface area contributed by atoms with Crippen molar-refractivity contribution < 1.29 is 9.53 Å². The summed E-state index contributed by atoms with van der Waals surface area (Å²) in [7, 11) is 1.63. The lowest BCUT2D eigenvalue weighted by atomic mass is 9.96. The van der Waals surface area contributed by atoms with Crippen molar-refractivity contribution in [2.24, 2.45) is 11.7 Å². The number of carbonyl (C=O) groups excluding carboxylic acids is 1. The molecule has 0 spiro atoms. The predicted octanol–water partition coefficient (Wildman–Crippen LogP) is 3.52. The van der Waals surface area contributed by atoms with E-state index in [1.54, 1.807) is 12.5 Å². The van der Waals surface area contributed by atoms with E-state index in [9.17, 15) is 4.79 Å². The van der Waals surface area contributed by atoms with Crippen molar-refractivity contribution in [2.75, 3.05) is 13.7 Å². The van der Waals surface area contributed by atoms with Crippen LogP contribution in [0.2, 0.25) is 0 Å². The van der Waals surface area contributed by atoms with Crippen LogP contribution in [0.15, 0.2) is 29.6 Å². The molecule has 138 valence electrons. The molecule has 3 rings (SSSR count). The highest BCUT2D eigenvalue weighted by molar-refractivity contribution is 7.13.